The summed E-state index contributed by atoms with van der Waals surface area (Å²) in [6.07, 6.45) is 1.71. The Kier molecular flexibility index (Phi) is 7.30. The van der Waals surface area contributed by atoms with Crippen LogP contribution in [0.1, 0.15) is 27.0 Å². The van der Waals surface area contributed by atoms with Crippen molar-refractivity contribution in [3.05, 3.63) is 100.0 Å². The summed E-state index contributed by atoms with van der Waals surface area (Å²) in [6, 6.07) is 22.2. The maximum atomic E-state index is 12.9. The quantitative estimate of drug-likeness (QED) is 0.366. The third-order valence-electron chi connectivity index (χ3n) is 5.01. The Hall–Kier alpha value is -3.62. The number of carbonyl (C=O) groups excluding carboxylic acids is 2. The number of carbonyl (C=O) groups is 2. The van der Waals surface area contributed by atoms with Gasteiger partial charge in [-0.15, -0.1) is 0 Å². The molecule has 3 aromatic carbocycles. The normalized spacial score (nSPS) is 14.4. The maximum Gasteiger partial charge on any atom is 0.285 e. The van der Waals surface area contributed by atoms with Crippen molar-refractivity contribution >= 4 is 46.2 Å². The maximum absolute atomic E-state index is 12.9. The Bertz CT molecular complexity index is 1270. The van der Waals surface area contributed by atoms with Crippen LogP contribution >= 0.6 is 24.0 Å². The molecule has 0 bridgehead atoms. The van der Waals surface area contributed by atoms with E-state index in [1.54, 1.807) is 49.6 Å². The molecule has 1 saturated heterocycles. The first-order valence-corrected chi connectivity index (χ1v) is 11.7. The lowest BCUT2D eigenvalue weighted by atomic mass is 10.1. The largest absolute Gasteiger partial charge is 0.493 e. The standard InChI is InChI=1S/C26H22N2O4S2/c1-17-7-6-8-19(13-17)16-32-21-12-11-18(14-22(21)31-2)15-23-25(30)28(26(33)34-23)27-24(29)20-9-4-3-5-10-20/h3-15H,16H2,1-2H3,(H,27,29)/b23-15+. The van der Waals surface area contributed by atoms with Crippen molar-refractivity contribution in [1.29, 1.82) is 0 Å². The van der Waals surface area contributed by atoms with Gasteiger partial charge >= 0.3 is 0 Å². The smallest absolute Gasteiger partial charge is 0.285 e. The van der Waals surface area contributed by atoms with Gasteiger partial charge in [0.25, 0.3) is 11.8 Å². The molecular weight excluding hydrogens is 468 g/mol. The van der Waals surface area contributed by atoms with E-state index in [0.717, 1.165) is 27.9 Å². The van der Waals surface area contributed by atoms with Gasteiger partial charge in [0.15, 0.2) is 15.8 Å². The number of hydrogen-bond acceptors (Lipinski definition) is 6. The SMILES string of the molecule is COc1cc(/C=C2/SC(=S)N(NC(=O)c3ccccc3)C2=O)ccc1OCc1cccc(C)c1. The van der Waals surface area contributed by atoms with Crippen LogP contribution in [0.2, 0.25) is 0 Å². The molecule has 0 radical (unpaired) electrons. The molecule has 1 aliphatic rings. The fourth-order valence-corrected chi connectivity index (χ4v) is 4.51. The van der Waals surface area contributed by atoms with Crippen LogP contribution < -0.4 is 14.9 Å². The number of methoxy groups -OCH3 is 1. The summed E-state index contributed by atoms with van der Waals surface area (Å²) in [5.74, 6) is 0.353. The number of rotatable bonds is 7. The Labute approximate surface area is 207 Å². The lowest BCUT2D eigenvalue weighted by Gasteiger charge is -2.15. The Morgan fingerprint density at radius 1 is 1.06 bits per heavy atom. The zero-order valence-electron chi connectivity index (χ0n) is 18.6. The predicted molar refractivity (Wildman–Crippen MR) is 137 cm³/mol. The number of nitrogens with zero attached hydrogens (tertiary/aromatic N) is 1. The molecule has 1 N–H and O–H groups in total. The number of hydrogen-bond donors (Lipinski definition) is 1. The summed E-state index contributed by atoms with van der Waals surface area (Å²) >= 11 is 6.43. The van der Waals surface area contributed by atoms with Crippen molar-refractivity contribution in [2.75, 3.05) is 7.11 Å². The van der Waals surface area contributed by atoms with E-state index in [4.69, 9.17) is 21.7 Å². The molecule has 1 heterocycles. The van der Waals surface area contributed by atoms with Crippen LogP contribution in [-0.4, -0.2) is 28.3 Å². The second-order valence-electron chi connectivity index (χ2n) is 7.51. The number of hydrazine groups is 1. The summed E-state index contributed by atoms with van der Waals surface area (Å²) in [4.78, 5) is 25.7. The molecular formula is C26H22N2O4S2. The Morgan fingerprint density at radius 3 is 2.59 bits per heavy atom. The van der Waals surface area contributed by atoms with Gasteiger partial charge in [-0.3, -0.25) is 15.0 Å². The number of benzene rings is 3. The van der Waals surface area contributed by atoms with Gasteiger partial charge in [-0.1, -0.05) is 65.9 Å². The first kappa shape index (κ1) is 23.5. The molecule has 3 aromatic rings. The fraction of sp³-hybridized carbons (Fsp3) is 0.115. The molecule has 0 atom stereocenters. The molecule has 0 saturated carbocycles. The summed E-state index contributed by atoms with van der Waals surface area (Å²) in [5, 5.41) is 1.09. The van der Waals surface area contributed by atoms with Gasteiger partial charge in [-0.25, -0.2) is 0 Å². The van der Waals surface area contributed by atoms with E-state index in [1.807, 2.05) is 37.3 Å². The molecule has 0 unspecified atom stereocenters. The number of thiocarbonyl (C=S) groups is 1. The molecule has 8 heteroatoms. The number of amides is 2. The van der Waals surface area contributed by atoms with Crippen LogP contribution in [-0.2, 0) is 11.4 Å². The van der Waals surface area contributed by atoms with E-state index < -0.39 is 11.8 Å². The van der Waals surface area contributed by atoms with Crippen molar-refractivity contribution in [2.45, 2.75) is 13.5 Å². The second-order valence-corrected chi connectivity index (χ2v) is 9.19. The van der Waals surface area contributed by atoms with Gasteiger partial charge in [0.05, 0.1) is 12.0 Å². The number of nitrogens with one attached hydrogen (secondary N) is 1. The first-order chi connectivity index (χ1) is 16.4. The molecule has 34 heavy (non-hydrogen) atoms. The lowest BCUT2D eigenvalue weighted by molar-refractivity contribution is -0.123. The Morgan fingerprint density at radius 2 is 1.85 bits per heavy atom. The van der Waals surface area contributed by atoms with Crippen molar-refractivity contribution in [3.63, 3.8) is 0 Å². The van der Waals surface area contributed by atoms with Gasteiger partial charge in [0, 0.05) is 5.56 Å². The monoisotopic (exact) mass is 490 g/mol. The zero-order valence-corrected chi connectivity index (χ0v) is 20.2. The number of ether oxygens (including phenoxy) is 2. The van der Waals surface area contributed by atoms with Gasteiger partial charge in [0.2, 0.25) is 0 Å². The summed E-state index contributed by atoms with van der Waals surface area (Å²) in [6.45, 7) is 2.45. The zero-order chi connectivity index (χ0) is 24.1. The van der Waals surface area contributed by atoms with Crippen LogP contribution in [0.4, 0.5) is 0 Å². The highest BCUT2D eigenvalue weighted by atomic mass is 32.2. The topological polar surface area (TPSA) is 67.9 Å². The highest BCUT2D eigenvalue weighted by Crippen LogP contribution is 2.34. The van der Waals surface area contributed by atoms with Crippen molar-refractivity contribution in [2.24, 2.45) is 0 Å². The first-order valence-electron chi connectivity index (χ1n) is 10.4. The van der Waals surface area contributed by atoms with Crippen molar-refractivity contribution in [1.82, 2.24) is 10.4 Å². The minimum atomic E-state index is -0.407. The van der Waals surface area contributed by atoms with Crippen molar-refractivity contribution < 1.29 is 19.1 Å². The van der Waals surface area contributed by atoms with Crippen molar-refractivity contribution in [3.8, 4) is 11.5 Å². The minimum absolute atomic E-state index is 0.255. The molecule has 1 aliphatic heterocycles. The third-order valence-corrected chi connectivity index (χ3v) is 6.31. The van der Waals surface area contributed by atoms with E-state index >= 15 is 0 Å². The molecule has 2 amide bonds. The molecule has 0 aromatic heterocycles. The second kappa shape index (κ2) is 10.5. The predicted octanol–water partition coefficient (Wildman–Crippen LogP) is 5.13. The summed E-state index contributed by atoms with van der Waals surface area (Å²) in [5.41, 5.74) is 5.99. The summed E-state index contributed by atoms with van der Waals surface area (Å²) < 4.78 is 11.7. The molecule has 172 valence electrons. The van der Waals surface area contributed by atoms with Gasteiger partial charge in [-0.2, -0.15) is 5.01 Å². The fourth-order valence-electron chi connectivity index (χ4n) is 3.33. The average molecular weight is 491 g/mol. The highest BCUT2D eigenvalue weighted by Gasteiger charge is 2.33. The van der Waals surface area contributed by atoms with Crippen LogP contribution in [0.3, 0.4) is 0 Å². The van der Waals surface area contributed by atoms with E-state index in [9.17, 15) is 9.59 Å². The van der Waals surface area contributed by atoms with E-state index in [0.29, 0.717) is 28.6 Å². The van der Waals surface area contributed by atoms with Gasteiger partial charge in [0.1, 0.15) is 6.61 Å². The molecule has 1 fully saturated rings. The molecule has 0 spiro atoms. The van der Waals surface area contributed by atoms with E-state index in [-0.39, 0.29) is 4.32 Å². The van der Waals surface area contributed by atoms with Gasteiger partial charge < -0.3 is 9.47 Å². The third kappa shape index (κ3) is 5.47. The van der Waals surface area contributed by atoms with Crippen LogP contribution in [0.15, 0.2) is 77.7 Å². The summed E-state index contributed by atoms with van der Waals surface area (Å²) in [7, 11) is 1.57. The molecule has 0 aliphatic carbocycles. The van der Waals surface area contributed by atoms with Gasteiger partial charge in [-0.05, 0) is 60.6 Å². The van der Waals surface area contributed by atoms with E-state index in [1.165, 1.54) is 5.56 Å². The van der Waals surface area contributed by atoms with Crippen LogP contribution in [0.5, 0.6) is 11.5 Å². The Balaban J connectivity index is 1.47. The van der Waals surface area contributed by atoms with Crippen LogP contribution in [0.25, 0.3) is 6.08 Å². The molecule has 6 nitrogen and oxygen atoms in total. The highest BCUT2D eigenvalue weighted by molar-refractivity contribution is 8.26. The molecule has 4 rings (SSSR count). The van der Waals surface area contributed by atoms with E-state index in [2.05, 4.69) is 11.5 Å². The number of thioether (sulfide) groups is 1. The lowest BCUT2D eigenvalue weighted by Crippen LogP contribution is -2.44. The number of aryl methyl sites for hydroxylation is 1. The van der Waals surface area contributed by atoms with Crippen LogP contribution in [0, 0.1) is 6.92 Å². The average Bonchev–Trinajstić information content (AvgIpc) is 3.11. The minimum Gasteiger partial charge on any atom is -0.493 e.